The number of carbonyl (C=O) groups excluding carboxylic acids is 1. The minimum absolute atomic E-state index is 0.0207. The number of benzene rings is 1. The minimum Gasteiger partial charge on any atom is -0.364 e. The van der Waals surface area contributed by atoms with Crippen molar-refractivity contribution in [2.24, 2.45) is 5.92 Å². The Morgan fingerprint density at radius 2 is 2.00 bits per heavy atom. The summed E-state index contributed by atoms with van der Waals surface area (Å²) in [4.78, 5) is 21.9. The van der Waals surface area contributed by atoms with Crippen LogP contribution in [0.2, 0.25) is 0 Å². The second-order valence-corrected chi connectivity index (χ2v) is 9.81. The molecule has 30 heavy (non-hydrogen) atoms. The average molecular weight is 429 g/mol. The van der Waals surface area contributed by atoms with E-state index in [0.29, 0.717) is 5.56 Å². The summed E-state index contributed by atoms with van der Waals surface area (Å²) in [6, 6.07) is 8.15. The van der Waals surface area contributed by atoms with E-state index < -0.39 is 28.3 Å². The van der Waals surface area contributed by atoms with E-state index in [0.717, 1.165) is 43.0 Å². The van der Waals surface area contributed by atoms with Crippen molar-refractivity contribution in [2.45, 2.75) is 44.1 Å². The molecule has 2 aliphatic rings. The lowest BCUT2D eigenvalue weighted by Crippen LogP contribution is -2.36. The molecular weight excluding hydrogens is 400 g/mol. The second-order valence-electron chi connectivity index (χ2n) is 7.88. The number of sulfone groups is 1. The molecule has 0 spiro atoms. The molecule has 7 nitrogen and oxygen atoms in total. The maximum atomic E-state index is 13.1. The van der Waals surface area contributed by atoms with Crippen molar-refractivity contribution in [3.05, 3.63) is 65.0 Å². The van der Waals surface area contributed by atoms with E-state index in [2.05, 4.69) is 20.6 Å². The van der Waals surface area contributed by atoms with Gasteiger partial charge >= 0.3 is 0 Å². The highest BCUT2D eigenvalue weighted by molar-refractivity contribution is 7.93. The standard InChI is InChI=1S/C22H26N4O3S/c1-30(28,29)12-11-18(16-7-8-16)26-22(27)20-21(24-13-15-5-3-2-4-6-15)25-19(14-23-20)17-9-10-17/h2-6,11-12,14,16-18H,7-10,13H2,1H3,(H,24,25)(H,26,27)/b12-11+/t18-/m1/s1/i13D2. The summed E-state index contributed by atoms with van der Waals surface area (Å²) in [5, 5.41) is 6.71. The van der Waals surface area contributed by atoms with Crippen molar-refractivity contribution in [2.75, 3.05) is 11.6 Å². The van der Waals surface area contributed by atoms with Crippen LogP contribution in [0.4, 0.5) is 5.82 Å². The second kappa shape index (κ2) is 8.55. The van der Waals surface area contributed by atoms with Gasteiger partial charge < -0.3 is 10.6 Å². The summed E-state index contributed by atoms with van der Waals surface area (Å²) >= 11 is 0. The SMILES string of the molecule is [2H]C([2H])(Nc1nc(C2CC2)cnc1C(=O)N[C@H](/C=C/S(C)(=O)=O)C1CC1)c1ccccc1. The number of hydrogen-bond acceptors (Lipinski definition) is 6. The lowest BCUT2D eigenvalue weighted by Gasteiger charge is -2.16. The van der Waals surface area contributed by atoms with E-state index in [4.69, 9.17) is 2.74 Å². The van der Waals surface area contributed by atoms with Crippen LogP contribution in [-0.4, -0.2) is 36.6 Å². The van der Waals surface area contributed by atoms with Crippen molar-refractivity contribution in [3.8, 4) is 0 Å². The fourth-order valence-electron chi connectivity index (χ4n) is 3.11. The highest BCUT2D eigenvalue weighted by Crippen LogP contribution is 2.39. The zero-order chi connectivity index (χ0) is 22.9. The molecule has 2 aliphatic carbocycles. The summed E-state index contributed by atoms with van der Waals surface area (Å²) in [6.07, 6.45) is 7.93. The Bertz CT molecular complexity index is 1130. The first kappa shape index (κ1) is 18.1. The zero-order valence-electron chi connectivity index (χ0n) is 18.7. The number of nitrogens with zero attached hydrogens (tertiary/aromatic N) is 2. The molecule has 1 aromatic heterocycles. The summed E-state index contributed by atoms with van der Waals surface area (Å²) < 4.78 is 40.0. The Morgan fingerprint density at radius 1 is 1.27 bits per heavy atom. The number of anilines is 1. The van der Waals surface area contributed by atoms with Crippen LogP contribution in [0.5, 0.6) is 0 Å². The molecule has 8 heteroatoms. The van der Waals surface area contributed by atoms with Crippen LogP contribution in [0.3, 0.4) is 0 Å². The molecule has 1 heterocycles. The summed E-state index contributed by atoms with van der Waals surface area (Å²) in [7, 11) is -3.32. The molecule has 2 N–H and O–H groups in total. The van der Waals surface area contributed by atoms with Gasteiger partial charge in [-0.15, -0.1) is 0 Å². The Balaban J connectivity index is 1.61. The normalized spacial score (nSPS) is 19.1. The van der Waals surface area contributed by atoms with E-state index in [1.165, 1.54) is 6.08 Å². The molecule has 0 unspecified atom stereocenters. The highest BCUT2D eigenvalue weighted by atomic mass is 32.2. The number of carbonyl (C=O) groups is 1. The lowest BCUT2D eigenvalue weighted by atomic mass is 10.1. The Hall–Kier alpha value is -2.74. The molecule has 0 radical (unpaired) electrons. The van der Waals surface area contributed by atoms with Gasteiger partial charge in [-0.05, 0) is 37.2 Å². The van der Waals surface area contributed by atoms with Crippen LogP contribution in [-0.2, 0) is 16.3 Å². The third-order valence-electron chi connectivity index (χ3n) is 5.06. The van der Waals surface area contributed by atoms with Gasteiger partial charge in [-0.1, -0.05) is 36.4 Å². The molecule has 1 atom stereocenters. The number of aromatic nitrogens is 2. The van der Waals surface area contributed by atoms with Crippen molar-refractivity contribution >= 4 is 21.6 Å². The van der Waals surface area contributed by atoms with Gasteiger partial charge in [-0.2, -0.15) is 0 Å². The molecule has 0 saturated heterocycles. The van der Waals surface area contributed by atoms with Crippen LogP contribution < -0.4 is 10.6 Å². The van der Waals surface area contributed by atoms with Gasteiger partial charge in [0.1, 0.15) is 0 Å². The molecule has 0 aliphatic heterocycles. The maximum Gasteiger partial charge on any atom is 0.274 e. The first-order valence-electron chi connectivity index (χ1n) is 11.0. The summed E-state index contributed by atoms with van der Waals surface area (Å²) in [5.74, 6) is -0.00821. The van der Waals surface area contributed by atoms with Gasteiger partial charge in [0.2, 0.25) is 0 Å². The van der Waals surface area contributed by atoms with Crippen molar-refractivity contribution in [3.63, 3.8) is 0 Å². The first-order chi connectivity index (χ1) is 15.1. The number of amides is 1. The highest BCUT2D eigenvalue weighted by Gasteiger charge is 2.32. The molecule has 4 rings (SSSR count). The van der Waals surface area contributed by atoms with Crippen LogP contribution in [0.15, 0.2) is 48.0 Å². The largest absolute Gasteiger partial charge is 0.364 e. The van der Waals surface area contributed by atoms with E-state index in [1.54, 1.807) is 36.5 Å². The van der Waals surface area contributed by atoms with Crippen molar-refractivity contribution in [1.82, 2.24) is 15.3 Å². The van der Waals surface area contributed by atoms with Gasteiger partial charge in [-0.3, -0.25) is 4.79 Å². The quantitative estimate of drug-likeness (QED) is 0.637. The van der Waals surface area contributed by atoms with Crippen LogP contribution >= 0.6 is 0 Å². The van der Waals surface area contributed by atoms with E-state index >= 15 is 0 Å². The minimum atomic E-state index is -3.32. The molecule has 2 aromatic rings. The van der Waals surface area contributed by atoms with E-state index in [-0.39, 0.29) is 23.3 Å². The molecular formula is C22H26N4O3S. The molecule has 0 bridgehead atoms. The van der Waals surface area contributed by atoms with Gasteiger partial charge in [0.05, 0.1) is 14.5 Å². The zero-order valence-corrected chi connectivity index (χ0v) is 17.5. The van der Waals surface area contributed by atoms with Gasteiger partial charge in [-0.25, -0.2) is 18.4 Å². The summed E-state index contributed by atoms with van der Waals surface area (Å²) in [6.45, 7) is -1.97. The maximum absolute atomic E-state index is 13.1. The predicted octanol–water partition coefficient (Wildman–Crippen LogP) is 3.03. The topological polar surface area (TPSA) is 101 Å². The third kappa shape index (κ3) is 5.66. The lowest BCUT2D eigenvalue weighted by molar-refractivity contribution is 0.0936. The van der Waals surface area contributed by atoms with Gasteiger partial charge in [0.25, 0.3) is 5.91 Å². The van der Waals surface area contributed by atoms with Crippen molar-refractivity contribution in [1.29, 1.82) is 0 Å². The molecule has 1 amide bonds. The van der Waals surface area contributed by atoms with Gasteiger partial charge in [0, 0.05) is 30.3 Å². The van der Waals surface area contributed by atoms with E-state index in [1.807, 2.05) is 0 Å². The van der Waals surface area contributed by atoms with Crippen LogP contribution in [0, 0.1) is 5.92 Å². The predicted molar refractivity (Wildman–Crippen MR) is 116 cm³/mol. The van der Waals surface area contributed by atoms with Crippen LogP contribution in [0.25, 0.3) is 0 Å². The van der Waals surface area contributed by atoms with Gasteiger partial charge in [0.15, 0.2) is 21.3 Å². The average Bonchev–Trinajstić information content (AvgIpc) is 3.63. The van der Waals surface area contributed by atoms with Crippen LogP contribution in [0.1, 0.15) is 56.1 Å². The molecule has 1 aromatic carbocycles. The fraction of sp³-hybridized carbons (Fsp3) is 0.409. The monoisotopic (exact) mass is 428 g/mol. The Labute approximate surface area is 179 Å². The Morgan fingerprint density at radius 3 is 2.63 bits per heavy atom. The number of nitrogens with one attached hydrogen (secondary N) is 2. The summed E-state index contributed by atoms with van der Waals surface area (Å²) in [5.41, 5.74) is 1.10. The molecule has 158 valence electrons. The smallest absolute Gasteiger partial charge is 0.274 e. The van der Waals surface area contributed by atoms with Crippen molar-refractivity contribution < 1.29 is 16.0 Å². The first-order valence-corrected chi connectivity index (χ1v) is 12.0. The Kier molecular flexibility index (Phi) is 5.15. The third-order valence-corrected chi connectivity index (χ3v) is 5.71. The number of rotatable bonds is 9. The molecule has 2 fully saturated rings. The van der Waals surface area contributed by atoms with E-state index in [9.17, 15) is 13.2 Å². The molecule has 2 saturated carbocycles. The fourth-order valence-corrected chi connectivity index (χ4v) is 3.56. The number of hydrogen-bond donors (Lipinski definition) is 2.